The Bertz CT molecular complexity index is 581. The van der Waals surface area contributed by atoms with E-state index in [4.69, 9.17) is 9.84 Å². The van der Waals surface area contributed by atoms with Crippen molar-refractivity contribution in [1.82, 2.24) is 10.6 Å². The molecule has 3 N–H and O–H groups in total. The van der Waals surface area contributed by atoms with E-state index in [1.165, 1.54) is 12.1 Å². The minimum Gasteiger partial charge on any atom is -0.483 e. The number of imide groups is 1. The maximum atomic E-state index is 11.6. The molecule has 0 unspecified atom stereocenters. The fourth-order valence-electron chi connectivity index (χ4n) is 1.68. The average molecular weight is 292 g/mol. The van der Waals surface area contributed by atoms with Gasteiger partial charge < -0.3 is 15.2 Å². The molecule has 2 rings (SSSR count). The number of aromatic carboxylic acids is 1. The summed E-state index contributed by atoms with van der Waals surface area (Å²) >= 11 is 0. The van der Waals surface area contributed by atoms with Crippen LogP contribution < -0.4 is 15.4 Å². The molecule has 1 aliphatic rings. The van der Waals surface area contributed by atoms with Crippen molar-refractivity contribution in [3.63, 3.8) is 0 Å². The molecule has 0 aromatic heterocycles. The number of nitrogens with one attached hydrogen (secondary N) is 2. The van der Waals surface area contributed by atoms with Gasteiger partial charge in [0.15, 0.2) is 6.61 Å². The van der Waals surface area contributed by atoms with Crippen molar-refractivity contribution < 1.29 is 24.2 Å². The average Bonchev–Trinajstić information content (AvgIpc) is 3.19. The van der Waals surface area contributed by atoms with Gasteiger partial charge in [0.2, 0.25) is 0 Å². The Morgan fingerprint density at radius 2 is 2.05 bits per heavy atom. The van der Waals surface area contributed by atoms with Gasteiger partial charge in [0, 0.05) is 6.04 Å². The van der Waals surface area contributed by atoms with Crippen LogP contribution in [0.2, 0.25) is 0 Å². The Morgan fingerprint density at radius 1 is 1.33 bits per heavy atom. The summed E-state index contributed by atoms with van der Waals surface area (Å²) in [5.74, 6) is -1.68. The highest BCUT2D eigenvalue weighted by Gasteiger charge is 2.24. The molecule has 0 bridgehead atoms. The lowest BCUT2D eigenvalue weighted by Crippen LogP contribution is -2.42. The number of urea groups is 1. The summed E-state index contributed by atoms with van der Waals surface area (Å²) in [6, 6.07) is 4.16. The van der Waals surface area contributed by atoms with Crippen LogP contribution in [0.25, 0.3) is 0 Å². The Labute approximate surface area is 121 Å². The lowest BCUT2D eigenvalue weighted by molar-refractivity contribution is -0.122. The molecule has 1 fully saturated rings. The van der Waals surface area contributed by atoms with E-state index in [-0.39, 0.29) is 17.4 Å². The first-order chi connectivity index (χ1) is 9.95. The molecule has 0 spiro atoms. The smallest absolute Gasteiger partial charge is 0.339 e. The molecule has 1 aromatic carbocycles. The third-order valence-corrected chi connectivity index (χ3v) is 2.89. The highest BCUT2D eigenvalue weighted by atomic mass is 16.5. The van der Waals surface area contributed by atoms with E-state index >= 15 is 0 Å². The first-order valence-electron chi connectivity index (χ1n) is 6.53. The van der Waals surface area contributed by atoms with E-state index in [2.05, 4.69) is 10.6 Å². The summed E-state index contributed by atoms with van der Waals surface area (Å²) in [5.41, 5.74) is 0.776. The van der Waals surface area contributed by atoms with Crippen molar-refractivity contribution in [3.05, 3.63) is 29.3 Å². The molecule has 1 saturated carbocycles. The first kappa shape index (κ1) is 14.8. The quantitative estimate of drug-likeness (QED) is 0.752. The molecule has 0 atom stereocenters. The van der Waals surface area contributed by atoms with Crippen LogP contribution in [0.3, 0.4) is 0 Å². The number of carboxylic acid groups (broad SMARTS) is 1. The van der Waals surface area contributed by atoms with E-state index in [1.54, 1.807) is 13.0 Å². The summed E-state index contributed by atoms with van der Waals surface area (Å²) in [6.07, 6.45) is 1.84. The molecule has 112 valence electrons. The predicted octanol–water partition coefficient (Wildman–Crippen LogP) is 1.06. The van der Waals surface area contributed by atoms with Crippen LogP contribution in [0.4, 0.5) is 4.79 Å². The lowest BCUT2D eigenvalue weighted by Gasteiger charge is -2.10. The number of carboxylic acids is 1. The molecule has 7 nitrogen and oxygen atoms in total. The zero-order chi connectivity index (χ0) is 15.4. The third kappa shape index (κ3) is 4.48. The monoisotopic (exact) mass is 292 g/mol. The van der Waals surface area contributed by atoms with Crippen LogP contribution in [0, 0.1) is 6.92 Å². The van der Waals surface area contributed by atoms with Crippen molar-refractivity contribution in [3.8, 4) is 5.75 Å². The van der Waals surface area contributed by atoms with Crippen LogP contribution in [-0.2, 0) is 4.79 Å². The molecule has 7 heteroatoms. The Hall–Kier alpha value is -2.57. The lowest BCUT2D eigenvalue weighted by atomic mass is 10.1. The number of carbonyl (C=O) groups is 3. The normalized spacial score (nSPS) is 13.4. The van der Waals surface area contributed by atoms with Gasteiger partial charge >= 0.3 is 12.0 Å². The van der Waals surface area contributed by atoms with Crippen LogP contribution in [0.15, 0.2) is 18.2 Å². The summed E-state index contributed by atoms with van der Waals surface area (Å²) in [5, 5.41) is 13.8. The minimum absolute atomic E-state index is 0.0316. The van der Waals surface area contributed by atoms with Gasteiger partial charge in [-0.1, -0.05) is 6.07 Å². The third-order valence-electron chi connectivity index (χ3n) is 2.89. The fraction of sp³-hybridized carbons (Fsp3) is 0.357. The van der Waals surface area contributed by atoms with Crippen molar-refractivity contribution in [2.75, 3.05) is 6.61 Å². The number of hydrogen-bond acceptors (Lipinski definition) is 4. The highest BCUT2D eigenvalue weighted by molar-refractivity contribution is 5.95. The first-order valence-corrected chi connectivity index (χ1v) is 6.53. The topological polar surface area (TPSA) is 105 Å². The maximum Gasteiger partial charge on any atom is 0.339 e. The molecule has 21 heavy (non-hydrogen) atoms. The molecular formula is C14H16N2O5. The number of rotatable bonds is 5. The van der Waals surface area contributed by atoms with E-state index in [0.29, 0.717) is 0 Å². The fourth-order valence-corrected chi connectivity index (χ4v) is 1.68. The summed E-state index contributed by atoms with van der Waals surface area (Å²) in [7, 11) is 0. The molecule has 0 aliphatic heterocycles. The van der Waals surface area contributed by atoms with E-state index < -0.39 is 24.5 Å². The number of carbonyl (C=O) groups excluding carboxylic acids is 2. The summed E-state index contributed by atoms with van der Waals surface area (Å²) < 4.78 is 5.19. The SMILES string of the molecule is Cc1ccc(C(=O)O)c(OCC(=O)NC(=O)NC2CC2)c1. The van der Waals surface area contributed by atoms with Gasteiger partial charge in [0.25, 0.3) is 5.91 Å². The molecule has 3 amide bonds. The van der Waals surface area contributed by atoms with Crippen LogP contribution in [0.5, 0.6) is 5.75 Å². The van der Waals surface area contributed by atoms with Crippen molar-refractivity contribution in [2.45, 2.75) is 25.8 Å². The van der Waals surface area contributed by atoms with E-state index in [0.717, 1.165) is 18.4 Å². The number of amides is 3. The number of benzene rings is 1. The van der Waals surface area contributed by atoms with Gasteiger partial charge in [-0.2, -0.15) is 0 Å². The number of hydrogen-bond donors (Lipinski definition) is 3. The molecular weight excluding hydrogens is 276 g/mol. The minimum atomic E-state index is -1.14. The van der Waals surface area contributed by atoms with Crippen LogP contribution in [0.1, 0.15) is 28.8 Å². The molecule has 0 saturated heterocycles. The van der Waals surface area contributed by atoms with Crippen molar-refractivity contribution in [2.24, 2.45) is 0 Å². The second-order valence-electron chi connectivity index (χ2n) is 4.89. The van der Waals surface area contributed by atoms with Crippen molar-refractivity contribution in [1.29, 1.82) is 0 Å². The maximum absolute atomic E-state index is 11.6. The van der Waals surface area contributed by atoms with Crippen LogP contribution >= 0.6 is 0 Å². The van der Waals surface area contributed by atoms with Crippen molar-refractivity contribution >= 4 is 17.9 Å². The predicted molar refractivity (Wildman–Crippen MR) is 73.3 cm³/mol. The standard InChI is InChI=1S/C14H16N2O5/c1-8-2-5-10(13(18)19)11(6-8)21-7-12(17)16-14(20)15-9-3-4-9/h2,5-6,9H,3-4,7H2,1H3,(H,18,19)(H2,15,16,17,20). The number of aryl methyl sites for hydroxylation is 1. The molecule has 1 aliphatic carbocycles. The van der Waals surface area contributed by atoms with Gasteiger partial charge in [-0.25, -0.2) is 9.59 Å². The summed E-state index contributed by atoms with van der Waals surface area (Å²) in [4.78, 5) is 33.9. The second-order valence-corrected chi connectivity index (χ2v) is 4.89. The Kier molecular flexibility index (Phi) is 4.42. The highest BCUT2D eigenvalue weighted by Crippen LogP contribution is 2.20. The molecule has 0 radical (unpaired) electrons. The van der Waals surface area contributed by atoms with Gasteiger partial charge in [-0.3, -0.25) is 10.1 Å². The second kappa shape index (κ2) is 6.25. The van der Waals surface area contributed by atoms with E-state index in [9.17, 15) is 14.4 Å². The van der Waals surface area contributed by atoms with Gasteiger partial charge in [-0.15, -0.1) is 0 Å². The van der Waals surface area contributed by atoms with Gasteiger partial charge in [-0.05, 0) is 37.5 Å². The Morgan fingerprint density at radius 3 is 2.67 bits per heavy atom. The summed E-state index contributed by atoms with van der Waals surface area (Å²) in [6.45, 7) is 1.35. The molecule has 1 aromatic rings. The van der Waals surface area contributed by atoms with Gasteiger partial charge in [0.05, 0.1) is 0 Å². The van der Waals surface area contributed by atoms with Crippen LogP contribution in [-0.4, -0.2) is 35.7 Å². The molecule has 0 heterocycles. The zero-order valence-electron chi connectivity index (χ0n) is 11.5. The number of ether oxygens (including phenoxy) is 1. The zero-order valence-corrected chi connectivity index (χ0v) is 11.5. The van der Waals surface area contributed by atoms with Gasteiger partial charge in [0.1, 0.15) is 11.3 Å². The van der Waals surface area contributed by atoms with E-state index in [1.807, 2.05) is 0 Å². The largest absolute Gasteiger partial charge is 0.483 e. The Balaban J connectivity index is 1.89.